The fraction of sp³-hybridized carbons (Fsp3) is 0.176. The van der Waals surface area contributed by atoms with Crippen LogP contribution in [0.4, 0.5) is 0 Å². The lowest BCUT2D eigenvalue weighted by molar-refractivity contribution is -0.307. The monoisotopic (exact) mass is 451 g/mol. The Morgan fingerprint density at radius 2 is 1.92 bits per heavy atom. The Kier molecular flexibility index (Phi) is 4.64. The Labute approximate surface area is 155 Å². The molecule has 0 aliphatic heterocycles. The summed E-state index contributed by atoms with van der Waals surface area (Å²) >= 11 is 6.88. The number of carbonyl (C=O) groups is 1. The average Bonchev–Trinajstić information content (AvgIpc) is 2.89. The number of benzene rings is 2. The van der Waals surface area contributed by atoms with Gasteiger partial charge in [-0.25, -0.2) is 4.98 Å². The number of H-pyrrole nitrogens is 1. The normalized spacial score (nSPS) is 12.3. The van der Waals surface area contributed by atoms with Crippen LogP contribution in [0.15, 0.2) is 39.3 Å². The molecule has 0 radical (unpaired) electrons. The van der Waals surface area contributed by atoms with Gasteiger partial charge in [0.15, 0.2) is 5.75 Å². The van der Waals surface area contributed by atoms with Crippen LogP contribution in [0.5, 0.6) is 11.5 Å². The van der Waals surface area contributed by atoms with Gasteiger partial charge in [0.1, 0.15) is 11.6 Å². The lowest BCUT2D eigenvalue weighted by Crippen LogP contribution is -2.28. The van der Waals surface area contributed by atoms with Gasteiger partial charge in [-0.05, 0) is 68.6 Å². The number of fused-ring (bicyclic) bond motifs is 1. The maximum Gasteiger partial charge on any atom is 0.155 e. The molecule has 1 unspecified atom stereocenters. The van der Waals surface area contributed by atoms with Crippen molar-refractivity contribution in [2.75, 3.05) is 0 Å². The van der Waals surface area contributed by atoms with Gasteiger partial charge >= 0.3 is 0 Å². The van der Waals surface area contributed by atoms with Crippen molar-refractivity contribution < 1.29 is 14.6 Å². The summed E-state index contributed by atoms with van der Waals surface area (Å²) in [6.07, 6.45) is 0. The third-order valence-corrected chi connectivity index (χ3v) is 4.84. The van der Waals surface area contributed by atoms with Crippen molar-refractivity contribution in [3.8, 4) is 11.5 Å². The Bertz CT molecular complexity index is 914. The highest BCUT2D eigenvalue weighted by atomic mass is 79.9. The highest BCUT2D eigenvalue weighted by molar-refractivity contribution is 9.11. The predicted molar refractivity (Wildman–Crippen MR) is 96.2 cm³/mol. The molecule has 3 aromatic rings. The molecule has 0 aliphatic carbocycles. The van der Waals surface area contributed by atoms with Gasteiger partial charge in [0.2, 0.25) is 0 Å². The molecule has 0 spiro atoms. The first-order valence-corrected chi connectivity index (χ1v) is 8.78. The van der Waals surface area contributed by atoms with E-state index in [1.165, 1.54) is 0 Å². The number of aliphatic carboxylic acids is 1. The van der Waals surface area contributed by atoms with Gasteiger partial charge in [-0.15, -0.1) is 0 Å². The van der Waals surface area contributed by atoms with E-state index in [2.05, 4.69) is 41.8 Å². The number of nitrogens with one attached hydrogen (secondary N) is 1. The molecule has 1 atom stereocenters. The second-order valence-electron chi connectivity index (χ2n) is 5.46. The first-order chi connectivity index (χ1) is 11.3. The van der Waals surface area contributed by atoms with Crippen molar-refractivity contribution in [1.82, 2.24) is 9.97 Å². The molecular formula is C17H13Br2N2O3-. The number of halogens is 2. The van der Waals surface area contributed by atoms with Crippen molar-refractivity contribution in [1.29, 1.82) is 0 Å². The average molecular weight is 453 g/mol. The molecule has 2 aromatic carbocycles. The van der Waals surface area contributed by atoms with Crippen molar-refractivity contribution in [2.24, 2.45) is 0 Å². The predicted octanol–water partition coefficient (Wildman–Crippen LogP) is 4.04. The van der Waals surface area contributed by atoms with Gasteiger partial charge in [0, 0.05) is 18.0 Å². The van der Waals surface area contributed by atoms with Crippen molar-refractivity contribution in [2.45, 2.75) is 19.8 Å². The smallest absolute Gasteiger partial charge is 0.155 e. The van der Waals surface area contributed by atoms with Crippen LogP contribution in [-0.4, -0.2) is 15.9 Å². The lowest BCUT2D eigenvalue weighted by Gasteiger charge is -2.16. The Hall–Kier alpha value is -1.86. The molecule has 1 heterocycles. The number of ether oxygens (including phenoxy) is 1. The lowest BCUT2D eigenvalue weighted by atomic mass is 10.0. The summed E-state index contributed by atoms with van der Waals surface area (Å²) in [5.74, 6) is 0.219. The Morgan fingerprint density at radius 1 is 1.25 bits per heavy atom. The third kappa shape index (κ3) is 3.32. The molecule has 7 heteroatoms. The van der Waals surface area contributed by atoms with E-state index in [0.717, 1.165) is 16.9 Å². The number of carboxylic acid groups (broad SMARTS) is 1. The van der Waals surface area contributed by atoms with Gasteiger partial charge < -0.3 is 19.6 Å². The molecule has 5 nitrogen and oxygen atoms in total. The number of hydrogen-bond donors (Lipinski definition) is 1. The summed E-state index contributed by atoms with van der Waals surface area (Å²) in [7, 11) is 0. The quantitative estimate of drug-likeness (QED) is 0.647. The zero-order valence-electron chi connectivity index (χ0n) is 12.9. The van der Waals surface area contributed by atoms with E-state index < -0.39 is 11.9 Å². The molecule has 0 aliphatic rings. The van der Waals surface area contributed by atoms with E-state index in [-0.39, 0.29) is 0 Å². The number of aromatic nitrogens is 2. The van der Waals surface area contributed by atoms with Crippen LogP contribution >= 0.6 is 31.9 Å². The van der Waals surface area contributed by atoms with E-state index in [9.17, 15) is 9.90 Å². The van der Waals surface area contributed by atoms with Crippen LogP contribution in [0, 0.1) is 6.92 Å². The first kappa shape index (κ1) is 17.0. The van der Waals surface area contributed by atoms with Crippen molar-refractivity contribution in [3.05, 3.63) is 50.7 Å². The molecule has 3 rings (SSSR count). The highest BCUT2D eigenvalue weighted by Crippen LogP contribution is 2.39. The number of hydrogen-bond acceptors (Lipinski definition) is 4. The summed E-state index contributed by atoms with van der Waals surface area (Å²) < 4.78 is 7.26. The second kappa shape index (κ2) is 6.57. The summed E-state index contributed by atoms with van der Waals surface area (Å²) in [6, 6.07) is 9.02. The number of aromatic amines is 1. The van der Waals surface area contributed by atoms with Gasteiger partial charge in [-0.2, -0.15) is 0 Å². The van der Waals surface area contributed by atoms with Crippen molar-refractivity contribution in [3.63, 3.8) is 0 Å². The molecule has 124 valence electrons. The van der Waals surface area contributed by atoms with E-state index >= 15 is 0 Å². The fourth-order valence-corrected chi connectivity index (χ4v) is 3.74. The highest BCUT2D eigenvalue weighted by Gasteiger charge is 2.15. The zero-order chi connectivity index (χ0) is 17.4. The van der Waals surface area contributed by atoms with Crippen LogP contribution in [-0.2, 0) is 4.79 Å². The minimum absolute atomic E-state index is 0.569. The van der Waals surface area contributed by atoms with Crippen LogP contribution < -0.4 is 9.84 Å². The molecule has 0 amide bonds. The summed E-state index contributed by atoms with van der Waals surface area (Å²) in [6.45, 7) is 3.48. The topological polar surface area (TPSA) is 78.0 Å². The number of imidazole rings is 1. The van der Waals surface area contributed by atoms with Gasteiger partial charge in [-0.3, -0.25) is 0 Å². The van der Waals surface area contributed by atoms with Crippen molar-refractivity contribution >= 4 is 48.9 Å². The number of nitrogens with zero attached hydrogens (tertiary/aromatic N) is 1. The second-order valence-corrected chi connectivity index (χ2v) is 7.17. The maximum absolute atomic E-state index is 11.0. The summed E-state index contributed by atoms with van der Waals surface area (Å²) in [5.41, 5.74) is 2.39. The number of rotatable bonds is 4. The number of aryl methyl sites for hydroxylation is 1. The molecule has 1 N–H and O–H groups in total. The molecule has 24 heavy (non-hydrogen) atoms. The van der Waals surface area contributed by atoms with E-state index in [4.69, 9.17) is 4.74 Å². The van der Waals surface area contributed by atoms with Crippen LogP contribution in [0.2, 0.25) is 0 Å². The minimum atomic E-state index is -1.12. The molecule has 0 saturated carbocycles. The maximum atomic E-state index is 11.0. The van der Waals surface area contributed by atoms with Crippen LogP contribution in [0.3, 0.4) is 0 Å². The van der Waals surface area contributed by atoms with E-state index in [0.29, 0.717) is 26.0 Å². The van der Waals surface area contributed by atoms with Crippen LogP contribution in [0.25, 0.3) is 11.0 Å². The summed E-state index contributed by atoms with van der Waals surface area (Å²) in [4.78, 5) is 18.6. The van der Waals surface area contributed by atoms with Gasteiger partial charge in [0.25, 0.3) is 0 Å². The fourth-order valence-electron chi connectivity index (χ4n) is 2.36. The molecular weight excluding hydrogens is 440 g/mol. The Balaban J connectivity index is 1.95. The Morgan fingerprint density at radius 3 is 2.54 bits per heavy atom. The molecule has 0 fully saturated rings. The largest absolute Gasteiger partial charge is 0.550 e. The summed E-state index contributed by atoms with van der Waals surface area (Å²) in [5, 5.41) is 11.0. The third-order valence-electron chi connectivity index (χ3n) is 3.67. The zero-order valence-corrected chi connectivity index (χ0v) is 16.1. The van der Waals surface area contributed by atoms with E-state index in [1.807, 2.05) is 25.1 Å². The SMILES string of the molecule is Cc1nc2ccc(Oc3c(Br)cc(C(C)C(=O)[O-])cc3Br)cc2[nH]1. The molecule has 0 bridgehead atoms. The van der Waals surface area contributed by atoms with Gasteiger partial charge in [-0.1, -0.05) is 6.92 Å². The number of carbonyl (C=O) groups excluding carboxylic acids is 1. The molecule has 1 aromatic heterocycles. The number of carboxylic acids is 1. The van der Waals surface area contributed by atoms with E-state index in [1.54, 1.807) is 19.1 Å². The minimum Gasteiger partial charge on any atom is -0.550 e. The first-order valence-electron chi connectivity index (χ1n) is 7.19. The van der Waals surface area contributed by atoms with Crippen LogP contribution in [0.1, 0.15) is 24.2 Å². The standard InChI is InChI=1S/C17H14Br2N2O3/c1-8(17(22)23)10-5-12(18)16(13(19)6-10)24-11-3-4-14-15(7-11)21-9(2)20-14/h3-8H,1-2H3,(H,20,21)(H,22,23)/p-1. The van der Waals surface area contributed by atoms with Gasteiger partial charge in [0.05, 0.1) is 20.0 Å². The molecule has 0 saturated heterocycles.